The third kappa shape index (κ3) is 2.22. The van der Waals surface area contributed by atoms with Crippen LogP contribution in [0.2, 0.25) is 0 Å². The van der Waals surface area contributed by atoms with Crippen molar-refractivity contribution in [3.05, 3.63) is 47.3 Å². The first-order valence-electron chi connectivity index (χ1n) is 4.54. The summed E-state index contributed by atoms with van der Waals surface area (Å²) in [5, 5.41) is 10.6. The van der Waals surface area contributed by atoms with Gasteiger partial charge in [0.15, 0.2) is 0 Å². The molecule has 0 spiro atoms. The van der Waals surface area contributed by atoms with Crippen LogP contribution in [0.25, 0.3) is 11.3 Å². The third-order valence-electron chi connectivity index (χ3n) is 1.99. The first-order chi connectivity index (χ1) is 7.42. The second-order valence-electron chi connectivity index (χ2n) is 2.94. The van der Waals surface area contributed by atoms with E-state index in [9.17, 15) is 0 Å². The van der Waals surface area contributed by atoms with Crippen molar-refractivity contribution >= 4 is 11.3 Å². The molecule has 0 atom stereocenters. The summed E-state index contributed by atoms with van der Waals surface area (Å²) >= 11 is 1.65. The lowest BCUT2D eigenvalue weighted by Gasteiger charge is -1.99. The first kappa shape index (κ1) is 9.86. The Balaban J connectivity index is 2.33. The molecule has 0 saturated heterocycles. The maximum Gasteiger partial charge on any atom is 0.0896 e. The SMILES string of the molecule is O/C=C/Cc1sccc1-c1cnccn1. The Labute approximate surface area is 91.8 Å². The van der Waals surface area contributed by atoms with Crippen molar-refractivity contribution in [1.82, 2.24) is 9.97 Å². The van der Waals surface area contributed by atoms with E-state index in [1.54, 1.807) is 36.0 Å². The Hall–Kier alpha value is -1.68. The van der Waals surface area contributed by atoms with E-state index in [0.717, 1.165) is 23.9 Å². The Morgan fingerprint density at radius 3 is 3.07 bits per heavy atom. The molecule has 0 amide bonds. The van der Waals surface area contributed by atoms with E-state index in [1.807, 2.05) is 11.4 Å². The predicted molar refractivity (Wildman–Crippen MR) is 60.8 cm³/mol. The number of aliphatic hydroxyl groups is 1. The summed E-state index contributed by atoms with van der Waals surface area (Å²) in [5.74, 6) is 0. The van der Waals surface area contributed by atoms with Gasteiger partial charge in [0.25, 0.3) is 0 Å². The van der Waals surface area contributed by atoms with Crippen LogP contribution in [-0.4, -0.2) is 15.1 Å². The molecule has 4 heteroatoms. The summed E-state index contributed by atoms with van der Waals surface area (Å²) in [6.07, 6.45) is 8.59. The standard InChI is InChI=1S/C11H10N2OS/c14-6-1-2-11-9(3-7-15-11)10-8-12-4-5-13-10/h1,3-8,14H,2H2/b6-1+. The summed E-state index contributed by atoms with van der Waals surface area (Å²) in [5.41, 5.74) is 1.96. The summed E-state index contributed by atoms with van der Waals surface area (Å²) in [7, 11) is 0. The molecule has 1 N–H and O–H groups in total. The van der Waals surface area contributed by atoms with Gasteiger partial charge in [-0.15, -0.1) is 11.3 Å². The van der Waals surface area contributed by atoms with Gasteiger partial charge in [0.05, 0.1) is 18.2 Å². The lowest BCUT2D eigenvalue weighted by molar-refractivity contribution is 0.471. The second-order valence-corrected chi connectivity index (χ2v) is 3.94. The molecule has 0 bridgehead atoms. The highest BCUT2D eigenvalue weighted by molar-refractivity contribution is 7.10. The van der Waals surface area contributed by atoms with E-state index in [0.29, 0.717) is 0 Å². The van der Waals surface area contributed by atoms with Gasteiger partial charge in [-0.3, -0.25) is 9.97 Å². The van der Waals surface area contributed by atoms with Crippen LogP contribution in [-0.2, 0) is 6.42 Å². The molecular formula is C11H10N2OS. The molecule has 0 aliphatic rings. The molecule has 0 saturated carbocycles. The van der Waals surface area contributed by atoms with E-state index in [-0.39, 0.29) is 0 Å². The van der Waals surface area contributed by atoms with Crippen molar-refractivity contribution in [3.63, 3.8) is 0 Å². The summed E-state index contributed by atoms with van der Waals surface area (Å²) in [4.78, 5) is 9.47. The van der Waals surface area contributed by atoms with Gasteiger partial charge in [0, 0.05) is 29.3 Å². The van der Waals surface area contributed by atoms with Gasteiger partial charge in [-0.1, -0.05) is 0 Å². The van der Waals surface area contributed by atoms with Gasteiger partial charge in [0.1, 0.15) is 0 Å². The van der Waals surface area contributed by atoms with E-state index >= 15 is 0 Å². The zero-order valence-electron chi connectivity index (χ0n) is 8.00. The van der Waals surface area contributed by atoms with Crippen molar-refractivity contribution in [1.29, 1.82) is 0 Å². The lowest BCUT2D eigenvalue weighted by Crippen LogP contribution is -1.86. The predicted octanol–water partition coefficient (Wildman–Crippen LogP) is 2.82. The number of allylic oxidation sites excluding steroid dienone is 1. The number of hydrogen-bond donors (Lipinski definition) is 1. The molecule has 0 unspecified atom stereocenters. The zero-order valence-corrected chi connectivity index (χ0v) is 8.81. The first-order valence-corrected chi connectivity index (χ1v) is 5.42. The Morgan fingerprint density at radius 2 is 2.33 bits per heavy atom. The van der Waals surface area contributed by atoms with Crippen LogP contribution < -0.4 is 0 Å². The van der Waals surface area contributed by atoms with Gasteiger partial charge < -0.3 is 5.11 Å². The van der Waals surface area contributed by atoms with Crippen LogP contribution in [0.15, 0.2) is 42.4 Å². The van der Waals surface area contributed by atoms with Crippen LogP contribution in [0, 0.1) is 0 Å². The molecule has 0 radical (unpaired) electrons. The molecule has 0 aromatic carbocycles. The number of hydrogen-bond acceptors (Lipinski definition) is 4. The van der Waals surface area contributed by atoms with Crippen molar-refractivity contribution < 1.29 is 5.11 Å². The molecule has 2 aromatic rings. The van der Waals surface area contributed by atoms with Gasteiger partial charge in [-0.2, -0.15) is 0 Å². The molecule has 2 rings (SSSR count). The smallest absolute Gasteiger partial charge is 0.0896 e. The van der Waals surface area contributed by atoms with E-state index in [2.05, 4.69) is 9.97 Å². The van der Waals surface area contributed by atoms with Crippen LogP contribution in [0.5, 0.6) is 0 Å². The zero-order chi connectivity index (χ0) is 10.5. The molecule has 0 aliphatic heterocycles. The lowest BCUT2D eigenvalue weighted by atomic mass is 10.1. The minimum atomic E-state index is 0.722. The van der Waals surface area contributed by atoms with Crippen LogP contribution in [0.3, 0.4) is 0 Å². The molecule has 2 aromatic heterocycles. The highest BCUT2D eigenvalue weighted by atomic mass is 32.1. The van der Waals surface area contributed by atoms with Gasteiger partial charge in [-0.05, 0) is 17.5 Å². The second kappa shape index (κ2) is 4.70. The topological polar surface area (TPSA) is 46.0 Å². The molecule has 0 aliphatic carbocycles. The van der Waals surface area contributed by atoms with E-state index < -0.39 is 0 Å². The number of rotatable bonds is 3. The van der Waals surface area contributed by atoms with Crippen LogP contribution in [0.1, 0.15) is 4.88 Å². The van der Waals surface area contributed by atoms with E-state index in [4.69, 9.17) is 5.11 Å². The largest absolute Gasteiger partial charge is 0.516 e. The fourth-order valence-corrected chi connectivity index (χ4v) is 2.19. The highest BCUT2D eigenvalue weighted by Crippen LogP contribution is 2.26. The Bertz CT molecular complexity index is 451. The molecule has 76 valence electrons. The van der Waals surface area contributed by atoms with Crippen molar-refractivity contribution in [2.24, 2.45) is 0 Å². The quantitative estimate of drug-likeness (QED) is 0.806. The van der Waals surface area contributed by atoms with Crippen LogP contribution in [0.4, 0.5) is 0 Å². The minimum Gasteiger partial charge on any atom is -0.516 e. The van der Waals surface area contributed by atoms with Crippen molar-refractivity contribution in [2.45, 2.75) is 6.42 Å². The highest BCUT2D eigenvalue weighted by Gasteiger charge is 2.06. The number of thiophene rings is 1. The van der Waals surface area contributed by atoms with Gasteiger partial charge in [0.2, 0.25) is 0 Å². The van der Waals surface area contributed by atoms with Gasteiger partial charge >= 0.3 is 0 Å². The van der Waals surface area contributed by atoms with E-state index in [1.165, 1.54) is 4.88 Å². The monoisotopic (exact) mass is 218 g/mol. The summed E-state index contributed by atoms with van der Waals surface area (Å²) in [6.45, 7) is 0. The molecular weight excluding hydrogens is 208 g/mol. The molecule has 0 fully saturated rings. The average Bonchev–Trinajstić information content (AvgIpc) is 2.75. The number of aliphatic hydroxyl groups excluding tert-OH is 1. The number of nitrogens with zero attached hydrogens (tertiary/aromatic N) is 2. The van der Waals surface area contributed by atoms with Crippen LogP contribution >= 0.6 is 11.3 Å². The van der Waals surface area contributed by atoms with Crippen molar-refractivity contribution in [3.8, 4) is 11.3 Å². The Kier molecular flexibility index (Phi) is 3.09. The normalized spacial score (nSPS) is 10.9. The fourth-order valence-electron chi connectivity index (χ4n) is 1.32. The number of aromatic nitrogens is 2. The van der Waals surface area contributed by atoms with Crippen molar-refractivity contribution in [2.75, 3.05) is 0 Å². The third-order valence-corrected chi connectivity index (χ3v) is 2.94. The summed E-state index contributed by atoms with van der Waals surface area (Å²) < 4.78 is 0. The Morgan fingerprint density at radius 1 is 1.40 bits per heavy atom. The minimum absolute atomic E-state index is 0.722. The maximum atomic E-state index is 8.62. The fraction of sp³-hybridized carbons (Fsp3) is 0.0909. The maximum absolute atomic E-state index is 8.62. The summed E-state index contributed by atoms with van der Waals surface area (Å²) in [6, 6.07) is 2.02. The molecule has 15 heavy (non-hydrogen) atoms. The molecule has 3 nitrogen and oxygen atoms in total. The average molecular weight is 218 g/mol. The van der Waals surface area contributed by atoms with Gasteiger partial charge in [-0.25, -0.2) is 0 Å². The molecule has 2 heterocycles.